The lowest BCUT2D eigenvalue weighted by atomic mass is 9.95. The highest BCUT2D eigenvalue weighted by Crippen LogP contribution is 2.29. The number of ether oxygens (including phenoxy) is 1. The molecular weight excluding hydrogens is 238 g/mol. The zero-order valence-corrected chi connectivity index (χ0v) is 11.7. The monoisotopic (exact) mass is 263 g/mol. The second-order valence-corrected chi connectivity index (χ2v) is 5.91. The third kappa shape index (κ3) is 3.80. The molecule has 1 saturated heterocycles. The predicted octanol–water partition coefficient (Wildman–Crippen LogP) is 2.17. The van der Waals surface area contributed by atoms with Crippen LogP contribution in [0.15, 0.2) is 12.5 Å². The van der Waals surface area contributed by atoms with Gasteiger partial charge in [0.2, 0.25) is 0 Å². The summed E-state index contributed by atoms with van der Waals surface area (Å²) in [6, 6.07) is 0. The Morgan fingerprint density at radius 2 is 2.11 bits per heavy atom. The molecule has 1 aliphatic carbocycles. The number of piperidine rings is 1. The maximum absolute atomic E-state index is 5.70. The van der Waals surface area contributed by atoms with Gasteiger partial charge in [-0.15, -0.1) is 0 Å². The number of nitrogens with one attached hydrogen (secondary N) is 1. The van der Waals surface area contributed by atoms with Gasteiger partial charge in [0.15, 0.2) is 0 Å². The molecule has 0 unspecified atom stereocenters. The smallest absolute Gasteiger partial charge is 0.0948 e. The summed E-state index contributed by atoms with van der Waals surface area (Å²) in [6.07, 6.45) is 10.4. The summed E-state index contributed by atoms with van der Waals surface area (Å²) in [6.45, 7) is 5.19. The molecule has 1 aromatic rings. The average molecular weight is 263 g/mol. The fourth-order valence-corrected chi connectivity index (χ4v) is 2.85. The van der Waals surface area contributed by atoms with Gasteiger partial charge in [-0.2, -0.15) is 0 Å². The fraction of sp³-hybridized carbons (Fsp3) is 0.800. The first-order valence-corrected chi connectivity index (χ1v) is 7.72. The minimum Gasteiger partial charge on any atom is -0.381 e. The Kier molecular flexibility index (Phi) is 4.51. The Bertz CT molecular complexity index is 380. The highest BCUT2D eigenvalue weighted by molar-refractivity contribution is 5.07. The Labute approximate surface area is 115 Å². The summed E-state index contributed by atoms with van der Waals surface area (Å²) in [4.78, 5) is 4.34. The van der Waals surface area contributed by atoms with E-state index in [1.165, 1.54) is 31.4 Å². The van der Waals surface area contributed by atoms with Gasteiger partial charge in [0.25, 0.3) is 0 Å². The van der Waals surface area contributed by atoms with Crippen molar-refractivity contribution >= 4 is 0 Å². The highest BCUT2D eigenvalue weighted by atomic mass is 16.5. The largest absolute Gasteiger partial charge is 0.381 e. The molecule has 2 fully saturated rings. The zero-order valence-electron chi connectivity index (χ0n) is 11.7. The molecule has 19 heavy (non-hydrogen) atoms. The first-order chi connectivity index (χ1) is 9.43. The minimum atomic E-state index is 0.691. The summed E-state index contributed by atoms with van der Waals surface area (Å²) in [5.41, 5.74) is 1.42. The van der Waals surface area contributed by atoms with Crippen molar-refractivity contribution in [2.45, 2.75) is 44.6 Å². The van der Waals surface area contributed by atoms with Crippen LogP contribution >= 0.6 is 0 Å². The van der Waals surface area contributed by atoms with Gasteiger partial charge in [-0.05, 0) is 51.1 Å². The average Bonchev–Trinajstić information content (AvgIpc) is 3.16. The highest BCUT2D eigenvalue weighted by Gasteiger charge is 2.21. The predicted molar refractivity (Wildman–Crippen MR) is 75.2 cm³/mol. The van der Waals surface area contributed by atoms with Gasteiger partial charge in [0.05, 0.1) is 6.33 Å². The fourth-order valence-electron chi connectivity index (χ4n) is 2.85. The first kappa shape index (κ1) is 13.1. The van der Waals surface area contributed by atoms with Crippen LogP contribution in [-0.4, -0.2) is 35.9 Å². The number of imidazole rings is 1. The van der Waals surface area contributed by atoms with E-state index in [0.29, 0.717) is 5.92 Å². The van der Waals surface area contributed by atoms with E-state index in [4.69, 9.17) is 4.74 Å². The zero-order chi connectivity index (χ0) is 12.9. The molecule has 0 bridgehead atoms. The lowest BCUT2D eigenvalue weighted by Crippen LogP contribution is -2.27. The molecule has 1 aliphatic heterocycles. The van der Waals surface area contributed by atoms with Crippen molar-refractivity contribution < 1.29 is 4.74 Å². The molecular formula is C15H25N3O. The topological polar surface area (TPSA) is 39.1 Å². The molecule has 0 atom stereocenters. The van der Waals surface area contributed by atoms with Crippen molar-refractivity contribution in [3.8, 4) is 0 Å². The molecule has 0 aromatic carbocycles. The van der Waals surface area contributed by atoms with Crippen LogP contribution in [0, 0.1) is 5.92 Å². The minimum absolute atomic E-state index is 0.691. The number of rotatable bonds is 7. The Morgan fingerprint density at radius 1 is 1.26 bits per heavy atom. The standard InChI is InChI=1S/C15H25N3O/c1(9-19-11-13-2-3-13)8-18-12-17-10-15(18)14-4-6-16-7-5-14/h10,12-14,16H,1-9,11H2. The molecule has 4 heteroatoms. The Hall–Kier alpha value is -0.870. The lowest BCUT2D eigenvalue weighted by Gasteiger charge is -2.23. The Morgan fingerprint density at radius 3 is 2.89 bits per heavy atom. The quantitative estimate of drug-likeness (QED) is 0.766. The van der Waals surface area contributed by atoms with Crippen LogP contribution in [0.5, 0.6) is 0 Å². The third-order valence-corrected chi connectivity index (χ3v) is 4.24. The van der Waals surface area contributed by atoms with E-state index < -0.39 is 0 Å². The van der Waals surface area contributed by atoms with Crippen LogP contribution in [0.25, 0.3) is 0 Å². The van der Waals surface area contributed by atoms with E-state index in [2.05, 4.69) is 21.1 Å². The molecule has 2 aliphatic rings. The van der Waals surface area contributed by atoms with Gasteiger partial charge in [-0.3, -0.25) is 0 Å². The van der Waals surface area contributed by atoms with Gasteiger partial charge in [-0.25, -0.2) is 4.98 Å². The van der Waals surface area contributed by atoms with Crippen molar-refractivity contribution in [2.24, 2.45) is 5.92 Å². The molecule has 0 amide bonds. The molecule has 2 heterocycles. The van der Waals surface area contributed by atoms with Gasteiger partial charge < -0.3 is 14.6 Å². The van der Waals surface area contributed by atoms with E-state index in [0.717, 1.165) is 45.2 Å². The van der Waals surface area contributed by atoms with Crippen LogP contribution < -0.4 is 5.32 Å². The number of aryl methyl sites for hydroxylation is 1. The van der Waals surface area contributed by atoms with Crippen LogP contribution in [-0.2, 0) is 11.3 Å². The van der Waals surface area contributed by atoms with E-state index in [-0.39, 0.29) is 0 Å². The second kappa shape index (κ2) is 6.53. The molecule has 1 saturated carbocycles. The first-order valence-electron chi connectivity index (χ1n) is 7.72. The van der Waals surface area contributed by atoms with E-state index >= 15 is 0 Å². The van der Waals surface area contributed by atoms with E-state index in [9.17, 15) is 0 Å². The van der Waals surface area contributed by atoms with Gasteiger partial charge in [0, 0.05) is 37.6 Å². The van der Waals surface area contributed by atoms with Gasteiger partial charge in [0.1, 0.15) is 0 Å². The normalized spacial score (nSPS) is 20.8. The SMILES string of the molecule is c1ncn(CCCOCC2CC2)c1C1CCNCC1. The summed E-state index contributed by atoms with van der Waals surface area (Å²) in [7, 11) is 0. The van der Waals surface area contributed by atoms with Crippen LogP contribution in [0.1, 0.15) is 43.7 Å². The molecule has 1 aromatic heterocycles. The van der Waals surface area contributed by atoms with Crippen molar-refractivity contribution in [1.29, 1.82) is 0 Å². The van der Waals surface area contributed by atoms with Crippen molar-refractivity contribution in [3.63, 3.8) is 0 Å². The Balaban J connectivity index is 1.43. The molecule has 1 N–H and O–H groups in total. The van der Waals surface area contributed by atoms with Crippen molar-refractivity contribution in [3.05, 3.63) is 18.2 Å². The number of aromatic nitrogens is 2. The second-order valence-electron chi connectivity index (χ2n) is 5.91. The maximum Gasteiger partial charge on any atom is 0.0948 e. The summed E-state index contributed by atoms with van der Waals surface area (Å²) >= 11 is 0. The van der Waals surface area contributed by atoms with Crippen LogP contribution in [0.2, 0.25) is 0 Å². The van der Waals surface area contributed by atoms with Crippen LogP contribution in [0.3, 0.4) is 0 Å². The van der Waals surface area contributed by atoms with Crippen LogP contribution in [0.4, 0.5) is 0 Å². The molecule has 106 valence electrons. The van der Waals surface area contributed by atoms with Crippen molar-refractivity contribution in [2.75, 3.05) is 26.3 Å². The summed E-state index contributed by atoms with van der Waals surface area (Å²) in [5.74, 6) is 1.56. The molecule has 3 rings (SSSR count). The van der Waals surface area contributed by atoms with Gasteiger partial charge >= 0.3 is 0 Å². The number of hydrogen-bond donors (Lipinski definition) is 1. The molecule has 0 spiro atoms. The number of hydrogen-bond acceptors (Lipinski definition) is 3. The molecule has 4 nitrogen and oxygen atoms in total. The summed E-state index contributed by atoms with van der Waals surface area (Å²) in [5, 5.41) is 3.42. The maximum atomic E-state index is 5.70. The van der Waals surface area contributed by atoms with Gasteiger partial charge in [-0.1, -0.05) is 0 Å². The molecule has 0 radical (unpaired) electrons. The third-order valence-electron chi connectivity index (χ3n) is 4.24. The van der Waals surface area contributed by atoms with Crippen molar-refractivity contribution in [1.82, 2.24) is 14.9 Å². The lowest BCUT2D eigenvalue weighted by molar-refractivity contribution is 0.119. The number of nitrogens with zero attached hydrogens (tertiary/aromatic N) is 2. The summed E-state index contributed by atoms with van der Waals surface area (Å²) < 4.78 is 8.03. The van der Waals surface area contributed by atoms with E-state index in [1.807, 2.05) is 6.33 Å². The van der Waals surface area contributed by atoms with E-state index in [1.54, 1.807) is 0 Å².